The smallest absolute Gasteiger partial charge is 0.305 e. The Bertz CT molecular complexity index is 499. The Morgan fingerprint density at radius 2 is 2.26 bits per heavy atom. The Morgan fingerprint density at radius 3 is 2.95 bits per heavy atom. The van der Waals surface area contributed by atoms with Crippen LogP contribution < -0.4 is 10.2 Å². The summed E-state index contributed by atoms with van der Waals surface area (Å²) in [5.74, 6) is -0.148. The van der Waals surface area contributed by atoms with Gasteiger partial charge in [0.15, 0.2) is 0 Å². The van der Waals surface area contributed by atoms with Crippen molar-refractivity contribution in [2.75, 3.05) is 30.9 Å². The van der Waals surface area contributed by atoms with Crippen LogP contribution in [-0.2, 0) is 20.7 Å². The number of anilines is 2. The predicted molar refractivity (Wildman–Crippen MR) is 73.3 cm³/mol. The summed E-state index contributed by atoms with van der Waals surface area (Å²) >= 11 is 0. The fraction of sp³-hybridized carbons (Fsp3) is 0.429. The van der Waals surface area contributed by atoms with Gasteiger partial charge in [0.2, 0.25) is 5.91 Å². The van der Waals surface area contributed by atoms with Gasteiger partial charge in [0.25, 0.3) is 0 Å². The third kappa shape index (κ3) is 2.86. The zero-order chi connectivity index (χ0) is 13.8. The molecule has 1 heterocycles. The lowest BCUT2D eigenvalue weighted by molar-refractivity contribution is -0.140. The minimum Gasteiger partial charge on any atom is -0.469 e. The van der Waals surface area contributed by atoms with Crippen molar-refractivity contribution in [3.63, 3.8) is 0 Å². The van der Waals surface area contributed by atoms with Crippen LogP contribution in [0.1, 0.15) is 18.4 Å². The Labute approximate surface area is 112 Å². The fourth-order valence-electron chi connectivity index (χ4n) is 2.27. The second kappa shape index (κ2) is 5.73. The van der Waals surface area contributed by atoms with Crippen LogP contribution in [0, 0.1) is 0 Å². The van der Waals surface area contributed by atoms with Gasteiger partial charge in [0.05, 0.1) is 13.5 Å². The van der Waals surface area contributed by atoms with Crippen molar-refractivity contribution < 1.29 is 14.3 Å². The molecule has 0 unspecified atom stereocenters. The minimum atomic E-state index is -0.239. The van der Waals surface area contributed by atoms with Crippen LogP contribution in [0.15, 0.2) is 18.2 Å². The van der Waals surface area contributed by atoms with E-state index in [1.807, 2.05) is 25.2 Å². The van der Waals surface area contributed by atoms with E-state index in [-0.39, 0.29) is 11.9 Å². The third-order valence-corrected chi connectivity index (χ3v) is 3.29. The molecule has 0 radical (unpaired) electrons. The highest BCUT2D eigenvalue weighted by molar-refractivity contribution is 6.01. The number of carbonyl (C=O) groups excluding carboxylic acids is 2. The summed E-state index contributed by atoms with van der Waals surface area (Å²) in [6, 6.07) is 5.89. The third-order valence-electron chi connectivity index (χ3n) is 3.29. The molecule has 0 spiro atoms. The summed E-state index contributed by atoms with van der Waals surface area (Å²) in [7, 11) is 3.23. The summed E-state index contributed by atoms with van der Waals surface area (Å²) in [6.07, 6.45) is 1.39. The first kappa shape index (κ1) is 13.4. The molecule has 19 heavy (non-hydrogen) atoms. The number of methoxy groups -OCH3 is 1. The molecule has 0 fully saturated rings. The standard InChI is InChI=1S/C14H18N2O3/c1-15-11-5-6-12-10(8-11)9-13(17)16(12)7-3-4-14(18)19-2/h5-6,8,15H,3-4,7,9H2,1-2H3. The van der Waals surface area contributed by atoms with Gasteiger partial charge >= 0.3 is 5.97 Å². The van der Waals surface area contributed by atoms with E-state index in [9.17, 15) is 9.59 Å². The highest BCUT2D eigenvalue weighted by atomic mass is 16.5. The topological polar surface area (TPSA) is 58.6 Å². The fourth-order valence-corrected chi connectivity index (χ4v) is 2.27. The van der Waals surface area contributed by atoms with Crippen LogP contribution in [0.3, 0.4) is 0 Å². The second-order valence-corrected chi connectivity index (χ2v) is 4.50. The molecular weight excluding hydrogens is 244 g/mol. The van der Waals surface area contributed by atoms with Crippen molar-refractivity contribution in [1.82, 2.24) is 0 Å². The van der Waals surface area contributed by atoms with Gasteiger partial charge in [-0.25, -0.2) is 0 Å². The normalized spacial score (nSPS) is 13.4. The summed E-state index contributed by atoms with van der Waals surface area (Å²) in [5.41, 5.74) is 2.99. The lowest BCUT2D eigenvalue weighted by Crippen LogP contribution is -2.28. The Kier molecular flexibility index (Phi) is 4.04. The van der Waals surface area contributed by atoms with E-state index in [0.29, 0.717) is 25.8 Å². The van der Waals surface area contributed by atoms with E-state index < -0.39 is 0 Å². The number of benzene rings is 1. The molecule has 1 aliphatic heterocycles. The molecule has 0 saturated carbocycles. The van der Waals surface area contributed by atoms with E-state index in [1.54, 1.807) is 4.90 Å². The summed E-state index contributed by atoms with van der Waals surface area (Å²) in [5, 5.41) is 3.06. The van der Waals surface area contributed by atoms with E-state index in [2.05, 4.69) is 10.1 Å². The number of carbonyl (C=O) groups is 2. The molecule has 1 amide bonds. The van der Waals surface area contributed by atoms with E-state index in [4.69, 9.17) is 0 Å². The number of hydrogen-bond donors (Lipinski definition) is 1. The molecule has 2 rings (SSSR count). The first-order valence-electron chi connectivity index (χ1n) is 6.33. The van der Waals surface area contributed by atoms with Crippen LogP contribution in [0.25, 0.3) is 0 Å². The summed E-state index contributed by atoms with van der Waals surface area (Å²) in [4.78, 5) is 24.8. The van der Waals surface area contributed by atoms with Crippen molar-refractivity contribution in [3.05, 3.63) is 23.8 Å². The average molecular weight is 262 g/mol. The lowest BCUT2D eigenvalue weighted by atomic mass is 10.1. The molecule has 102 valence electrons. The van der Waals surface area contributed by atoms with Crippen LogP contribution in [-0.4, -0.2) is 32.6 Å². The van der Waals surface area contributed by atoms with Crippen molar-refractivity contribution >= 4 is 23.3 Å². The summed E-state index contributed by atoms with van der Waals surface area (Å²) < 4.78 is 4.59. The van der Waals surface area contributed by atoms with Crippen LogP contribution in [0.2, 0.25) is 0 Å². The van der Waals surface area contributed by atoms with Gasteiger partial charge < -0.3 is 15.0 Å². The molecule has 5 nitrogen and oxygen atoms in total. The SMILES string of the molecule is CNc1ccc2c(c1)CC(=O)N2CCCC(=O)OC. The second-order valence-electron chi connectivity index (χ2n) is 4.50. The highest BCUT2D eigenvalue weighted by Crippen LogP contribution is 2.31. The number of ether oxygens (including phenoxy) is 1. The van der Waals surface area contributed by atoms with E-state index >= 15 is 0 Å². The van der Waals surface area contributed by atoms with Gasteiger partial charge in [-0.1, -0.05) is 0 Å². The van der Waals surface area contributed by atoms with E-state index in [0.717, 1.165) is 16.9 Å². The molecule has 1 N–H and O–H groups in total. The Balaban J connectivity index is 2.03. The van der Waals surface area contributed by atoms with Crippen molar-refractivity contribution in [2.45, 2.75) is 19.3 Å². The van der Waals surface area contributed by atoms with Crippen molar-refractivity contribution in [1.29, 1.82) is 0 Å². The van der Waals surface area contributed by atoms with Gasteiger partial charge in [-0.05, 0) is 30.2 Å². The van der Waals surface area contributed by atoms with Gasteiger partial charge in [-0.3, -0.25) is 9.59 Å². The maximum absolute atomic E-state index is 12.0. The molecule has 0 atom stereocenters. The highest BCUT2D eigenvalue weighted by Gasteiger charge is 2.26. The number of rotatable bonds is 5. The molecule has 5 heteroatoms. The maximum Gasteiger partial charge on any atom is 0.305 e. The Morgan fingerprint density at radius 1 is 1.47 bits per heavy atom. The monoisotopic (exact) mass is 262 g/mol. The average Bonchev–Trinajstić information content (AvgIpc) is 2.73. The quantitative estimate of drug-likeness (QED) is 0.818. The van der Waals surface area contributed by atoms with Crippen LogP contribution in [0.5, 0.6) is 0 Å². The van der Waals surface area contributed by atoms with Gasteiger partial charge in [0, 0.05) is 31.4 Å². The zero-order valence-corrected chi connectivity index (χ0v) is 11.2. The van der Waals surface area contributed by atoms with Crippen LogP contribution in [0.4, 0.5) is 11.4 Å². The van der Waals surface area contributed by atoms with Crippen LogP contribution >= 0.6 is 0 Å². The molecule has 1 aromatic rings. The predicted octanol–water partition coefficient (Wildman–Crippen LogP) is 1.57. The van der Waals surface area contributed by atoms with Gasteiger partial charge in [-0.15, -0.1) is 0 Å². The molecule has 0 bridgehead atoms. The Hall–Kier alpha value is -2.04. The largest absolute Gasteiger partial charge is 0.469 e. The summed E-state index contributed by atoms with van der Waals surface area (Å²) in [6.45, 7) is 0.555. The van der Waals surface area contributed by atoms with Gasteiger partial charge in [-0.2, -0.15) is 0 Å². The molecule has 0 aromatic heterocycles. The zero-order valence-electron chi connectivity index (χ0n) is 11.2. The van der Waals surface area contributed by atoms with Crippen molar-refractivity contribution in [2.24, 2.45) is 0 Å². The molecule has 0 aliphatic carbocycles. The molecule has 1 aliphatic rings. The first-order chi connectivity index (χ1) is 9.15. The number of fused-ring (bicyclic) bond motifs is 1. The van der Waals surface area contributed by atoms with E-state index in [1.165, 1.54) is 7.11 Å². The number of amides is 1. The molecule has 0 saturated heterocycles. The minimum absolute atomic E-state index is 0.0909. The number of esters is 1. The number of hydrogen-bond acceptors (Lipinski definition) is 4. The number of nitrogens with one attached hydrogen (secondary N) is 1. The molecule has 1 aromatic carbocycles. The van der Waals surface area contributed by atoms with Crippen molar-refractivity contribution in [3.8, 4) is 0 Å². The number of nitrogens with zero attached hydrogens (tertiary/aromatic N) is 1. The van der Waals surface area contributed by atoms with Gasteiger partial charge in [0.1, 0.15) is 0 Å². The first-order valence-corrected chi connectivity index (χ1v) is 6.33. The maximum atomic E-state index is 12.0. The lowest BCUT2D eigenvalue weighted by Gasteiger charge is -2.17. The molecular formula is C14H18N2O3.